The summed E-state index contributed by atoms with van der Waals surface area (Å²) in [7, 11) is 0. The molecular formula is C7H7IN2O2. The highest BCUT2D eigenvalue weighted by molar-refractivity contribution is 14.1. The Bertz CT molecular complexity index is 314. The van der Waals surface area contributed by atoms with E-state index in [9.17, 15) is 10.1 Å². The van der Waals surface area contributed by atoms with Crippen LogP contribution in [0.4, 0.5) is 5.69 Å². The number of nitro groups is 1. The fraction of sp³-hybridized carbons (Fsp3) is 0.286. The third kappa shape index (κ3) is 1.90. The molecule has 0 saturated carbocycles. The summed E-state index contributed by atoms with van der Waals surface area (Å²) in [5.41, 5.74) is 0.983. The minimum Gasteiger partial charge on any atom is -0.258 e. The van der Waals surface area contributed by atoms with Gasteiger partial charge in [-0.25, -0.2) is 4.98 Å². The van der Waals surface area contributed by atoms with Gasteiger partial charge >= 0.3 is 5.69 Å². The minimum absolute atomic E-state index is 0.0925. The Kier molecular flexibility index (Phi) is 2.96. The average Bonchev–Trinajstić information content (AvgIpc) is 2.05. The van der Waals surface area contributed by atoms with Crippen molar-refractivity contribution in [1.82, 2.24) is 4.98 Å². The number of rotatable bonds is 2. The van der Waals surface area contributed by atoms with Crippen molar-refractivity contribution in [1.29, 1.82) is 0 Å². The monoisotopic (exact) mass is 278 g/mol. The van der Waals surface area contributed by atoms with Crippen molar-refractivity contribution in [2.45, 2.75) is 13.3 Å². The zero-order valence-electron chi connectivity index (χ0n) is 6.45. The molecule has 0 aromatic carbocycles. The van der Waals surface area contributed by atoms with Gasteiger partial charge < -0.3 is 0 Å². The van der Waals surface area contributed by atoms with Crippen LogP contribution in [0.3, 0.4) is 0 Å². The Labute approximate surface area is 83.3 Å². The van der Waals surface area contributed by atoms with Crippen LogP contribution >= 0.6 is 22.6 Å². The van der Waals surface area contributed by atoms with Gasteiger partial charge in [-0.15, -0.1) is 0 Å². The molecule has 0 amide bonds. The molecule has 0 aliphatic rings. The summed E-state index contributed by atoms with van der Waals surface area (Å²) in [4.78, 5) is 14.0. The molecule has 12 heavy (non-hydrogen) atoms. The van der Waals surface area contributed by atoms with E-state index < -0.39 is 4.92 Å². The fourth-order valence-electron chi connectivity index (χ4n) is 0.800. The number of hydrogen-bond acceptors (Lipinski definition) is 3. The molecule has 0 spiro atoms. The van der Waals surface area contributed by atoms with Gasteiger partial charge in [0.25, 0.3) is 0 Å². The molecule has 1 heterocycles. The predicted octanol–water partition coefficient (Wildman–Crippen LogP) is 2.16. The van der Waals surface area contributed by atoms with Crippen molar-refractivity contribution in [2.75, 3.05) is 0 Å². The van der Waals surface area contributed by atoms with E-state index in [2.05, 4.69) is 4.98 Å². The highest BCUT2D eigenvalue weighted by atomic mass is 127. The first-order chi connectivity index (χ1) is 5.65. The van der Waals surface area contributed by atoms with Crippen molar-refractivity contribution < 1.29 is 4.92 Å². The molecule has 5 heteroatoms. The van der Waals surface area contributed by atoms with Crippen LogP contribution in [0, 0.1) is 13.8 Å². The van der Waals surface area contributed by atoms with E-state index in [1.165, 1.54) is 0 Å². The molecule has 1 aromatic rings. The summed E-state index contributed by atoms with van der Waals surface area (Å²) in [5, 5.41) is 10.5. The van der Waals surface area contributed by atoms with E-state index in [1.54, 1.807) is 12.3 Å². The van der Waals surface area contributed by atoms with Crippen LogP contribution in [0.2, 0.25) is 0 Å². The van der Waals surface area contributed by atoms with Gasteiger partial charge in [0.2, 0.25) is 0 Å². The van der Waals surface area contributed by atoms with Crippen molar-refractivity contribution in [2.24, 2.45) is 0 Å². The Balaban J connectivity index is 3.17. The van der Waals surface area contributed by atoms with Gasteiger partial charge in [0.1, 0.15) is 0 Å². The second-order valence-electron chi connectivity index (χ2n) is 2.26. The normalized spacial score (nSPS) is 9.83. The van der Waals surface area contributed by atoms with Crippen LogP contribution in [-0.2, 0) is 6.42 Å². The molecule has 0 atom stereocenters. The first-order valence-corrected chi connectivity index (χ1v) is 4.51. The van der Waals surface area contributed by atoms with Crippen LogP contribution < -0.4 is 0 Å². The van der Waals surface area contributed by atoms with Gasteiger partial charge in [0, 0.05) is 12.3 Å². The second-order valence-corrected chi connectivity index (χ2v) is 3.29. The summed E-state index contributed by atoms with van der Waals surface area (Å²) in [5.74, 6) is 0. The molecule has 0 fully saturated rings. The molecule has 0 unspecified atom stereocenters. The lowest BCUT2D eigenvalue weighted by Crippen LogP contribution is -1.95. The Morgan fingerprint density at radius 2 is 2.42 bits per heavy atom. The Hall–Kier alpha value is -0.720. The molecule has 0 bridgehead atoms. The molecule has 4 nitrogen and oxygen atoms in total. The van der Waals surface area contributed by atoms with E-state index in [4.69, 9.17) is 0 Å². The standard InChI is InChI=1S/C7H7IN2O2/c1-2-5-3-6(10(11)12)7(8)9-4-5/h3-4H,2H2,1H3. The van der Waals surface area contributed by atoms with Crippen LogP contribution in [0.15, 0.2) is 12.3 Å². The minimum atomic E-state index is -0.409. The highest BCUT2D eigenvalue weighted by Crippen LogP contribution is 2.19. The first-order valence-electron chi connectivity index (χ1n) is 3.44. The van der Waals surface area contributed by atoms with Gasteiger partial charge in [-0.3, -0.25) is 10.1 Å². The smallest absolute Gasteiger partial charge is 0.258 e. The van der Waals surface area contributed by atoms with E-state index >= 15 is 0 Å². The van der Waals surface area contributed by atoms with Crippen molar-refractivity contribution in [3.05, 3.63) is 31.6 Å². The van der Waals surface area contributed by atoms with Gasteiger partial charge in [0.05, 0.1) is 4.92 Å². The summed E-state index contributed by atoms with van der Waals surface area (Å²) < 4.78 is 0.440. The molecule has 0 radical (unpaired) electrons. The number of aromatic nitrogens is 1. The summed E-state index contributed by atoms with van der Waals surface area (Å²) >= 11 is 1.86. The topological polar surface area (TPSA) is 56.0 Å². The molecule has 0 N–H and O–H groups in total. The number of nitrogens with zero attached hydrogens (tertiary/aromatic N) is 2. The fourth-order valence-corrected chi connectivity index (χ4v) is 1.29. The Morgan fingerprint density at radius 3 is 2.92 bits per heavy atom. The number of hydrogen-bond donors (Lipinski definition) is 0. The maximum atomic E-state index is 10.5. The number of aryl methyl sites for hydroxylation is 1. The lowest BCUT2D eigenvalue weighted by molar-refractivity contribution is -0.386. The van der Waals surface area contributed by atoms with Crippen molar-refractivity contribution >= 4 is 28.3 Å². The molecule has 1 rings (SSSR count). The van der Waals surface area contributed by atoms with Crippen LogP contribution in [0.1, 0.15) is 12.5 Å². The molecular weight excluding hydrogens is 271 g/mol. The molecule has 0 aliphatic carbocycles. The maximum absolute atomic E-state index is 10.5. The number of pyridine rings is 1. The molecule has 1 aromatic heterocycles. The highest BCUT2D eigenvalue weighted by Gasteiger charge is 2.12. The summed E-state index contributed by atoms with van der Waals surface area (Å²) in [6, 6.07) is 1.56. The maximum Gasteiger partial charge on any atom is 0.301 e. The van der Waals surface area contributed by atoms with Crippen LogP contribution in [-0.4, -0.2) is 9.91 Å². The average molecular weight is 278 g/mol. The van der Waals surface area contributed by atoms with Gasteiger partial charge in [-0.2, -0.15) is 0 Å². The van der Waals surface area contributed by atoms with E-state index in [1.807, 2.05) is 29.5 Å². The van der Waals surface area contributed by atoms with Crippen molar-refractivity contribution in [3.63, 3.8) is 0 Å². The lowest BCUT2D eigenvalue weighted by Gasteiger charge is -1.97. The third-order valence-electron chi connectivity index (χ3n) is 1.48. The molecule has 0 aliphatic heterocycles. The quantitative estimate of drug-likeness (QED) is 0.360. The van der Waals surface area contributed by atoms with Gasteiger partial charge in [-0.1, -0.05) is 6.92 Å². The van der Waals surface area contributed by atoms with Crippen molar-refractivity contribution in [3.8, 4) is 0 Å². The number of halogens is 1. The second kappa shape index (κ2) is 3.79. The largest absolute Gasteiger partial charge is 0.301 e. The van der Waals surface area contributed by atoms with E-state index in [0.717, 1.165) is 12.0 Å². The van der Waals surface area contributed by atoms with E-state index in [0.29, 0.717) is 3.70 Å². The van der Waals surface area contributed by atoms with Crippen LogP contribution in [0.5, 0.6) is 0 Å². The zero-order chi connectivity index (χ0) is 9.14. The predicted molar refractivity (Wildman–Crippen MR) is 53.0 cm³/mol. The van der Waals surface area contributed by atoms with Crippen LogP contribution in [0.25, 0.3) is 0 Å². The molecule has 64 valence electrons. The van der Waals surface area contributed by atoms with Gasteiger partial charge in [-0.05, 0) is 34.6 Å². The summed E-state index contributed by atoms with van der Waals surface area (Å²) in [6.45, 7) is 1.94. The summed E-state index contributed by atoms with van der Waals surface area (Å²) in [6.07, 6.45) is 2.43. The van der Waals surface area contributed by atoms with Gasteiger partial charge in [0.15, 0.2) is 3.70 Å². The zero-order valence-corrected chi connectivity index (χ0v) is 8.61. The van der Waals surface area contributed by atoms with E-state index in [-0.39, 0.29) is 5.69 Å². The molecule has 0 saturated heterocycles. The first kappa shape index (κ1) is 9.37. The lowest BCUT2D eigenvalue weighted by atomic mass is 10.2. The third-order valence-corrected chi connectivity index (χ3v) is 2.31. The Morgan fingerprint density at radius 1 is 1.75 bits per heavy atom. The SMILES string of the molecule is CCc1cnc(I)c([N+](=O)[O-])c1.